The molecule has 2 aromatic carbocycles. The highest BCUT2D eigenvalue weighted by molar-refractivity contribution is 5.94. The summed E-state index contributed by atoms with van der Waals surface area (Å²) in [5.41, 5.74) is 1.75. The van der Waals surface area contributed by atoms with Gasteiger partial charge >= 0.3 is 0 Å². The number of hydrogen-bond donors (Lipinski definition) is 2. The monoisotopic (exact) mass is 346 g/mol. The lowest BCUT2D eigenvalue weighted by molar-refractivity contribution is 0.0930. The molecule has 3 rings (SSSR count). The molecule has 0 unspecified atom stereocenters. The van der Waals surface area contributed by atoms with Crippen molar-refractivity contribution >= 4 is 18.3 Å². The number of ether oxygens (including phenoxy) is 1. The molecular formula is C19H23ClN2O2. The molecule has 1 aliphatic heterocycles. The van der Waals surface area contributed by atoms with Crippen LogP contribution in [0.25, 0.3) is 0 Å². The number of amides is 1. The first-order chi connectivity index (χ1) is 11.3. The Hall–Kier alpha value is -2.04. The number of piperidine rings is 1. The first-order valence-corrected chi connectivity index (χ1v) is 8.09. The Balaban J connectivity index is 0.00000208. The van der Waals surface area contributed by atoms with Gasteiger partial charge in [0.15, 0.2) is 0 Å². The second-order valence-electron chi connectivity index (χ2n) is 5.82. The van der Waals surface area contributed by atoms with Gasteiger partial charge in [0.05, 0.1) is 0 Å². The number of carbonyl (C=O) groups excluding carboxylic acids is 1. The van der Waals surface area contributed by atoms with Crippen LogP contribution in [0.15, 0.2) is 54.6 Å². The molecule has 128 valence electrons. The van der Waals surface area contributed by atoms with Crippen molar-refractivity contribution in [2.75, 3.05) is 13.1 Å². The Bertz CT molecular complexity index is 643. The van der Waals surface area contributed by atoms with Crippen LogP contribution < -0.4 is 15.4 Å². The van der Waals surface area contributed by atoms with Crippen LogP contribution in [0.1, 0.15) is 28.8 Å². The molecule has 0 saturated carbocycles. The minimum atomic E-state index is -0.0381. The van der Waals surface area contributed by atoms with E-state index in [-0.39, 0.29) is 24.4 Å². The fourth-order valence-corrected chi connectivity index (χ4v) is 2.71. The van der Waals surface area contributed by atoms with Crippen molar-refractivity contribution in [3.63, 3.8) is 0 Å². The SMILES string of the molecule is Cl.O=C(N[C@H]1CCCNC1)c1cccc(OCc2ccccc2)c1. The van der Waals surface area contributed by atoms with Crippen LogP contribution in [0, 0.1) is 0 Å². The van der Waals surface area contributed by atoms with E-state index in [2.05, 4.69) is 10.6 Å². The fourth-order valence-electron chi connectivity index (χ4n) is 2.71. The van der Waals surface area contributed by atoms with Gasteiger partial charge in [-0.3, -0.25) is 4.79 Å². The maximum atomic E-state index is 12.3. The van der Waals surface area contributed by atoms with Crippen molar-refractivity contribution in [2.24, 2.45) is 0 Å². The first-order valence-electron chi connectivity index (χ1n) is 8.09. The summed E-state index contributed by atoms with van der Waals surface area (Å²) in [7, 11) is 0. The van der Waals surface area contributed by atoms with Gasteiger partial charge < -0.3 is 15.4 Å². The number of carbonyl (C=O) groups is 1. The summed E-state index contributed by atoms with van der Waals surface area (Å²) in [4.78, 5) is 12.3. The maximum Gasteiger partial charge on any atom is 0.251 e. The number of halogens is 1. The summed E-state index contributed by atoms with van der Waals surface area (Å²) in [6.07, 6.45) is 2.13. The fraction of sp³-hybridized carbons (Fsp3) is 0.316. The summed E-state index contributed by atoms with van der Waals surface area (Å²) in [6, 6.07) is 17.6. The predicted octanol–water partition coefficient (Wildman–Crippen LogP) is 3.17. The topological polar surface area (TPSA) is 50.4 Å². The molecule has 0 aromatic heterocycles. The number of hydrogen-bond acceptors (Lipinski definition) is 3. The molecule has 0 aliphatic carbocycles. The normalized spacial score (nSPS) is 16.8. The van der Waals surface area contributed by atoms with Gasteiger partial charge in [0.2, 0.25) is 0 Å². The van der Waals surface area contributed by atoms with Crippen molar-refractivity contribution in [1.82, 2.24) is 10.6 Å². The smallest absolute Gasteiger partial charge is 0.251 e. The molecule has 0 spiro atoms. The Morgan fingerprint density at radius 3 is 2.75 bits per heavy atom. The zero-order valence-corrected chi connectivity index (χ0v) is 14.4. The molecule has 1 fully saturated rings. The van der Waals surface area contributed by atoms with E-state index in [1.54, 1.807) is 6.07 Å². The van der Waals surface area contributed by atoms with E-state index in [0.717, 1.165) is 31.5 Å². The van der Waals surface area contributed by atoms with E-state index < -0.39 is 0 Å². The Kier molecular flexibility index (Phi) is 7.09. The first kappa shape index (κ1) is 18.3. The quantitative estimate of drug-likeness (QED) is 0.874. The zero-order valence-electron chi connectivity index (χ0n) is 13.5. The Morgan fingerprint density at radius 1 is 1.17 bits per heavy atom. The standard InChI is InChI=1S/C19H22N2O2.ClH/c22-19(21-17-9-5-11-20-13-17)16-8-4-10-18(12-16)23-14-15-6-2-1-3-7-15;/h1-4,6-8,10,12,17,20H,5,9,11,13-14H2,(H,21,22);1H/t17-;/m0./s1. The van der Waals surface area contributed by atoms with E-state index in [1.165, 1.54) is 0 Å². The predicted molar refractivity (Wildman–Crippen MR) is 97.8 cm³/mol. The summed E-state index contributed by atoms with van der Waals surface area (Å²) in [6.45, 7) is 2.38. The van der Waals surface area contributed by atoms with Crippen LogP contribution in [0.4, 0.5) is 0 Å². The van der Waals surface area contributed by atoms with Gasteiger partial charge in [-0.1, -0.05) is 36.4 Å². The van der Waals surface area contributed by atoms with E-state index in [1.807, 2.05) is 48.5 Å². The minimum Gasteiger partial charge on any atom is -0.489 e. The lowest BCUT2D eigenvalue weighted by Gasteiger charge is -2.23. The molecule has 0 radical (unpaired) electrons. The van der Waals surface area contributed by atoms with Crippen molar-refractivity contribution in [3.8, 4) is 5.75 Å². The molecule has 1 amide bonds. The van der Waals surface area contributed by atoms with E-state index in [9.17, 15) is 4.79 Å². The summed E-state index contributed by atoms with van der Waals surface area (Å²) < 4.78 is 5.78. The molecule has 1 aliphatic rings. The largest absolute Gasteiger partial charge is 0.489 e. The van der Waals surface area contributed by atoms with E-state index >= 15 is 0 Å². The molecule has 24 heavy (non-hydrogen) atoms. The summed E-state index contributed by atoms with van der Waals surface area (Å²) in [5, 5.41) is 6.38. The molecule has 2 N–H and O–H groups in total. The van der Waals surface area contributed by atoms with Crippen LogP contribution in [-0.4, -0.2) is 25.0 Å². The molecule has 4 nitrogen and oxygen atoms in total. The molecule has 1 saturated heterocycles. The average Bonchev–Trinajstić information content (AvgIpc) is 2.62. The second-order valence-corrected chi connectivity index (χ2v) is 5.82. The van der Waals surface area contributed by atoms with E-state index in [4.69, 9.17) is 4.74 Å². The molecule has 5 heteroatoms. The van der Waals surface area contributed by atoms with Crippen LogP contribution in [0.5, 0.6) is 5.75 Å². The Morgan fingerprint density at radius 2 is 2.00 bits per heavy atom. The third kappa shape index (κ3) is 5.25. The second kappa shape index (κ2) is 9.30. The highest BCUT2D eigenvalue weighted by atomic mass is 35.5. The van der Waals surface area contributed by atoms with Gasteiger partial charge in [-0.25, -0.2) is 0 Å². The van der Waals surface area contributed by atoms with Crippen LogP contribution >= 0.6 is 12.4 Å². The minimum absolute atomic E-state index is 0. The number of benzene rings is 2. The maximum absolute atomic E-state index is 12.3. The van der Waals surface area contributed by atoms with Gasteiger partial charge in [0, 0.05) is 18.2 Å². The molecule has 2 aromatic rings. The summed E-state index contributed by atoms with van der Waals surface area (Å²) in [5.74, 6) is 0.673. The Labute approximate surface area is 149 Å². The van der Waals surface area contributed by atoms with Crippen LogP contribution in [-0.2, 0) is 6.61 Å². The van der Waals surface area contributed by atoms with Crippen LogP contribution in [0.2, 0.25) is 0 Å². The van der Waals surface area contributed by atoms with Crippen LogP contribution in [0.3, 0.4) is 0 Å². The number of rotatable bonds is 5. The van der Waals surface area contributed by atoms with Gasteiger partial charge in [-0.2, -0.15) is 0 Å². The molecule has 1 atom stereocenters. The number of nitrogens with one attached hydrogen (secondary N) is 2. The third-order valence-corrected chi connectivity index (χ3v) is 3.98. The van der Waals surface area contributed by atoms with Gasteiger partial charge in [-0.15, -0.1) is 12.4 Å². The third-order valence-electron chi connectivity index (χ3n) is 3.98. The van der Waals surface area contributed by atoms with Gasteiger partial charge in [0.25, 0.3) is 5.91 Å². The van der Waals surface area contributed by atoms with E-state index in [0.29, 0.717) is 17.9 Å². The van der Waals surface area contributed by atoms with Gasteiger partial charge in [0.1, 0.15) is 12.4 Å². The van der Waals surface area contributed by atoms with Gasteiger partial charge in [-0.05, 0) is 43.1 Å². The highest BCUT2D eigenvalue weighted by Crippen LogP contribution is 2.16. The lowest BCUT2D eigenvalue weighted by Crippen LogP contribution is -2.45. The zero-order chi connectivity index (χ0) is 15.9. The molecular weight excluding hydrogens is 324 g/mol. The lowest BCUT2D eigenvalue weighted by atomic mass is 10.1. The average molecular weight is 347 g/mol. The van der Waals surface area contributed by atoms with Crippen molar-refractivity contribution in [2.45, 2.75) is 25.5 Å². The van der Waals surface area contributed by atoms with Crippen molar-refractivity contribution in [1.29, 1.82) is 0 Å². The van der Waals surface area contributed by atoms with Crippen molar-refractivity contribution in [3.05, 3.63) is 65.7 Å². The summed E-state index contributed by atoms with van der Waals surface area (Å²) >= 11 is 0. The molecule has 0 bridgehead atoms. The molecule has 1 heterocycles. The van der Waals surface area contributed by atoms with Crippen molar-refractivity contribution < 1.29 is 9.53 Å². The highest BCUT2D eigenvalue weighted by Gasteiger charge is 2.16.